The van der Waals surface area contributed by atoms with Crippen LogP contribution in [0.25, 0.3) is 0 Å². The Hall–Kier alpha value is -2.90. The van der Waals surface area contributed by atoms with Gasteiger partial charge in [0, 0.05) is 31.3 Å². The quantitative estimate of drug-likeness (QED) is 0.670. The Kier molecular flexibility index (Phi) is 5.41. The normalized spacial score (nSPS) is 15.7. The second-order valence-electron chi connectivity index (χ2n) is 6.32. The Morgan fingerprint density at radius 3 is 2.56 bits per heavy atom. The molecule has 8 nitrogen and oxygen atoms in total. The molecule has 1 aliphatic heterocycles. The van der Waals surface area contributed by atoms with Crippen molar-refractivity contribution < 1.29 is 19.2 Å². The van der Waals surface area contributed by atoms with Gasteiger partial charge in [0.2, 0.25) is 5.91 Å². The molecule has 1 aromatic carbocycles. The Labute approximate surface area is 145 Å². The molecule has 134 valence electrons. The van der Waals surface area contributed by atoms with E-state index in [4.69, 9.17) is 0 Å². The van der Waals surface area contributed by atoms with E-state index in [1.807, 2.05) is 0 Å². The molecule has 25 heavy (non-hydrogen) atoms. The van der Waals surface area contributed by atoms with E-state index in [-0.39, 0.29) is 30.7 Å². The van der Waals surface area contributed by atoms with Gasteiger partial charge in [-0.3, -0.25) is 19.3 Å². The van der Waals surface area contributed by atoms with Crippen LogP contribution in [0.1, 0.15) is 37.0 Å². The molecule has 1 aromatic rings. The van der Waals surface area contributed by atoms with E-state index >= 15 is 0 Å². The lowest BCUT2D eigenvalue weighted by molar-refractivity contribution is -0.130. The van der Waals surface area contributed by atoms with Crippen molar-refractivity contribution in [3.63, 3.8) is 0 Å². The first-order valence-electron chi connectivity index (χ1n) is 8.00. The highest BCUT2D eigenvalue weighted by molar-refractivity contribution is 6.06. The zero-order valence-corrected chi connectivity index (χ0v) is 14.5. The van der Waals surface area contributed by atoms with Gasteiger partial charge in [-0.2, -0.15) is 0 Å². The second-order valence-corrected chi connectivity index (χ2v) is 6.32. The molecule has 1 heterocycles. The van der Waals surface area contributed by atoms with Crippen molar-refractivity contribution in [2.75, 3.05) is 18.9 Å². The van der Waals surface area contributed by atoms with Gasteiger partial charge in [0.15, 0.2) is 0 Å². The number of carbonyl (C=O) groups excluding carboxylic acids is 4. The van der Waals surface area contributed by atoms with E-state index in [0.29, 0.717) is 17.7 Å². The van der Waals surface area contributed by atoms with E-state index < -0.39 is 11.6 Å². The molecular weight excluding hydrogens is 324 g/mol. The fraction of sp³-hybridized carbons (Fsp3) is 0.412. The summed E-state index contributed by atoms with van der Waals surface area (Å²) in [6.07, 6.45) is 0.512. The number of carbonyl (C=O) groups is 4. The Morgan fingerprint density at radius 1 is 1.24 bits per heavy atom. The van der Waals surface area contributed by atoms with Crippen LogP contribution in [0.5, 0.6) is 0 Å². The summed E-state index contributed by atoms with van der Waals surface area (Å²) in [6.45, 7) is 3.46. The third-order valence-electron chi connectivity index (χ3n) is 3.87. The van der Waals surface area contributed by atoms with Gasteiger partial charge in [-0.1, -0.05) is 6.07 Å². The van der Waals surface area contributed by atoms with E-state index in [2.05, 4.69) is 16.0 Å². The summed E-state index contributed by atoms with van der Waals surface area (Å²) in [5, 5.41) is 7.81. The van der Waals surface area contributed by atoms with Crippen LogP contribution in [0.2, 0.25) is 0 Å². The zero-order valence-electron chi connectivity index (χ0n) is 14.5. The van der Waals surface area contributed by atoms with Crippen LogP contribution in [0.15, 0.2) is 24.3 Å². The van der Waals surface area contributed by atoms with E-state index in [0.717, 1.165) is 4.90 Å². The van der Waals surface area contributed by atoms with Crippen molar-refractivity contribution in [1.82, 2.24) is 15.5 Å². The number of benzene rings is 1. The SMILES string of the molecule is CNC(=O)c1cccc(NC(=O)CCCN2C(=O)NC(C)(C)C2=O)c1. The Morgan fingerprint density at radius 2 is 1.96 bits per heavy atom. The minimum atomic E-state index is -0.903. The van der Waals surface area contributed by atoms with Crippen LogP contribution in [0, 0.1) is 0 Å². The van der Waals surface area contributed by atoms with Crippen LogP contribution in [0.4, 0.5) is 10.5 Å². The first-order chi connectivity index (χ1) is 11.7. The minimum Gasteiger partial charge on any atom is -0.355 e. The van der Waals surface area contributed by atoms with Gasteiger partial charge in [0.1, 0.15) is 5.54 Å². The lowest BCUT2D eigenvalue weighted by Gasteiger charge is -2.15. The number of hydrogen-bond donors (Lipinski definition) is 3. The van der Waals surface area contributed by atoms with Crippen LogP contribution in [0.3, 0.4) is 0 Å². The molecular formula is C17H22N4O4. The van der Waals surface area contributed by atoms with Gasteiger partial charge in [-0.05, 0) is 38.5 Å². The van der Waals surface area contributed by atoms with Crippen molar-refractivity contribution in [2.24, 2.45) is 0 Å². The third-order valence-corrected chi connectivity index (χ3v) is 3.87. The van der Waals surface area contributed by atoms with Crippen molar-refractivity contribution in [3.05, 3.63) is 29.8 Å². The molecule has 0 radical (unpaired) electrons. The van der Waals surface area contributed by atoms with E-state index in [1.165, 1.54) is 7.05 Å². The molecule has 1 aliphatic rings. The number of hydrogen-bond acceptors (Lipinski definition) is 4. The molecule has 1 saturated heterocycles. The summed E-state index contributed by atoms with van der Waals surface area (Å²) in [5.41, 5.74) is 0.0590. The van der Waals surface area contributed by atoms with Crippen molar-refractivity contribution in [2.45, 2.75) is 32.2 Å². The molecule has 0 unspecified atom stereocenters. The average molecular weight is 346 g/mol. The molecule has 5 amide bonds. The van der Waals surface area contributed by atoms with Gasteiger partial charge in [0.05, 0.1) is 0 Å². The molecule has 8 heteroatoms. The molecule has 0 saturated carbocycles. The number of imide groups is 1. The third kappa shape index (κ3) is 4.34. The fourth-order valence-electron chi connectivity index (χ4n) is 2.52. The zero-order chi connectivity index (χ0) is 18.6. The molecule has 3 N–H and O–H groups in total. The monoisotopic (exact) mass is 346 g/mol. The molecule has 0 bridgehead atoms. The summed E-state index contributed by atoms with van der Waals surface area (Å²) >= 11 is 0. The topological polar surface area (TPSA) is 108 Å². The lowest BCUT2D eigenvalue weighted by Crippen LogP contribution is -2.40. The van der Waals surface area contributed by atoms with Crippen molar-refractivity contribution >= 4 is 29.4 Å². The molecule has 2 rings (SSSR count). The number of nitrogens with zero attached hydrogens (tertiary/aromatic N) is 1. The van der Waals surface area contributed by atoms with Crippen LogP contribution >= 0.6 is 0 Å². The number of nitrogens with one attached hydrogen (secondary N) is 3. The van der Waals surface area contributed by atoms with Gasteiger partial charge < -0.3 is 16.0 Å². The van der Waals surface area contributed by atoms with E-state index in [9.17, 15) is 19.2 Å². The molecule has 1 fully saturated rings. The first kappa shape index (κ1) is 18.4. The van der Waals surface area contributed by atoms with Crippen molar-refractivity contribution in [3.8, 4) is 0 Å². The van der Waals surface area contributed by atoms with Crippen molar-refractivity contribution in [1.29, 1.82) is 0 Å². The fourth-order valence-corrected chi connectivity index (χ4v) is 2.52. The maximum atomic E-state index is 12.0. The number of anilines is 1. The Bertz CT molecular complexity index is 714. The summed E-state index contributed by atoms with van der Waals surface area (Å²) in [4.78, 5) is 48.5. The lowest BCUT2D eigenvalue weighted by atomic mass is 10.1. The number of rotatable bonds is 6. The van der Waals surface area contributed by atoms with Crippen LogP contribution < -0.4 is 16.0 Å². The summed E-state index contributed by atoms with van der Waals surface area (Å²) in [5.74, 6) is -0.783. The minimum absolute atomic E-state index is 0.154. The highest BCUT2D eigenvalue weighted by Gasteiger charge is 2.43. The standard InChI is InChI=1S/C17H22N4O4/c1-17(2)15(24)21(16(25)20-17)9-5-8-13(22)19-12-7-4-6-11(10-12)14(23)18-3/h4,6-7,10H,5,8-9H2,1-3H3,(H,18,23)(H,19,22)(H,20,25). The van der Waals surface area contributed by atoms with Gasteiger partial charge in [-0.15, -0.1) is 0 Å². The average Bonchev–Trinajstić information content (AvgIpc) is 2.75. The highest BCUT2D eigenvalue weighted by atomic mass is 16.2. The molecule has 0 spiro atoms. The predicted octanol–water partition coefficient (Wildman–Crippen LogP) is 1.10. The summed E-state index contributed by atoms with van der Waals surface area (Å²) in [7, 11) is 1.53. The molecule has 0 aliphatic carbocycles. The second kappa shape index (κ2) is 7.33. The predicted molar refractivity (Wildman–Crippen MR) is 92.0 cm³/mol. The smallest absolute Gasteiger partial charge is 0.325 e. The molecule has 0 atom stereocenters. The van der Waals surface area contributed by atoms with Crippen LogP contribution in [-0.2, 0) is 9.59 Å². The number of amides is 5. The maximum absolute atomic E-state index is 12.0. The first-order valence-corrected chi connectivity index (χ1v) is 8.00. The van der Waals surface area contributed by atoms with Crippen LogP contribution in [-0.4, -0.2) is 47.8 Å². The Balaban J connectivity index is 1.85. The van der Waals surface area contributed by atoms with Gasteiger partial charge >= 0.3 is 6.03 Å². The maximum Gasteiger partial charge on any atom is 0.325 e. The van der Waals surface area contributed by atoms with Gasteiger partial charge in [0.25, 0.3) is 11.8 Å². The van der Waals surface area contributed by atoms with Gasteiger partial charge in [-0.25, -0.2) is 4.79 Å². The van der Waals surface area contributed by atoms with E-state index in [1.54, 1.807) is 38.1 Å². The summed E-state index contributed by atoms with van der Waals surface area (Å²) < 4.78 is 0. The highest BCUT2D eigenvalue weighted by Crippen LogP contribution is 2.17. The molecule has 0 aromatic heterocycles. The largest absolute Gasteiger partial charge is 0.355 e. The summed E-state index contributed by atoms with van der Waals surface area (Å²) in [6, 6.07) is 6.15. The number of urea groups is 1.